The van der Waals surface area contributed by atoms with Crippen molar-refractivity contribution < 1.29 is 36.3 Å². The Morgan fingerprint density at radius 2 is 1.65 bits per heavy atom. The fraction of sp³-hybridized carbons (Fsp3) is 0.333. The summed E-state index contributed by atoms with van der Waals surface area (Å²) >= 11 is 0. The average Bonchev–Trinajstić information content (AvgIpc) is 3.65. The van der Waals surface area contributed by atoms with Gasteiger partial charge in [0.2, 0.25) is 0 Å². The van der Waals surface area contributed by atoms with Crippen molar-refractivity contribution in [3.63, 3.8) is 0 Å². The quantitative estimate of drug-likeness (QED) is 0.219. The summed E-state index contributed by atoms with van der Waals surface area (Å²) in [5, 5.41) is 20.3. The van der Waals surface area contributed by atoms with E-state index >= 15 is 0 Å². The number of amides is 2. The van der Waals surface area contributed by atoms with Crippen LogP contribution in [0.15, 0.2) is 60.9 Å². The molecule has 2 N–H and O–H groups in total. The van der Waals surface area contributed by atoms with Crippen molar-refractivity contribution in [2.45, 2.75) is 58.0 Å². The van der Waals surface area contributed by atoms with E-state index in [4.69, 9.17) is 0 Å². The van der Waals surface area contributed by atoms with Gasteiger partial charge in [0.05, 0.1) is 25.0 Å². The third kappa shape index (κ3) is 9.05. The number of nitrogens with zero attached hydrogens (tertiary/aromatic N) is 6. The minimum atomic E-state index is -4.95. The van der Waals surface area contributed by atoms with Crippen molar-refractivity contribution in [3.8, 4) is 5.75 Å². The van der Waals surface area contributed by atoms with E-state index in [0.29, 0.717) is 6.42 Å². The van der Waals surface area contributed by atoms with E-state index < -0.39 is 42.5 Å². The highest BCUT2D eigenvalue weighted by atomic mass is 19.4. The second-order valence-electron chi connectivity index (χ2n) is 9.41. The summed E-state index contributed by atoms with van der Waals surface area (Å²) in [7, 11) is 0. The van der Waals surface area contributed by atoms with Gasteiger partial charge in [0.25, 0.3) is 11.8 Å². The Morgan fingerprint density at radius 3 is 2.35 bits per heavy atom. The van der Waals surface area contributed by atoms with Gasteiger partial charge < -0.3 is 15.4 Å². The van der Waals surface area contributed by atoms with E-state index in [9.17, 15) is 31.5 Å². The van der Waals surface area contributed by atoms with Crippen LogP contribution in [0.25, 0.3) is 0 Å². The molecule has 4 rings (SSSR count). The van der Waals surface area contributed by atoms with Crippen LogP contribution in [0.5, 0.6) is 5.75 Å². The smallest absolute Gasteiger partial charge is 0.406 e. The van der Waals surface area contributed by atoms with Crippen LogP contribution in [0, 0.1) is 5.82 Å². The van der Waals surface area contributed by atoms with Crippen LogP contribution in [-0.2, 0) is 19.6 Å². The molecule has 0 bridgehead atoms. The zero-order valence-corrected chi connectivity index (χ0v) is 22.8. The number of alkyl halides is 4. The number of aryl methyl sites for hydroxylation is 1. The number of carbonyl (C=O) groups is 2. The standard InChI is InChI=1S/C27H27F5N8O3/c1-2-22(17-6-4-3-5-7-17)34-26(42)24-16-40(38-36-24)14-19(28)10-11-39-15-23(35-37-39)25(41)33-13-18-12-20(8-9-21(18)29)43-27(30,31)32/h3-9,12,15-16,19,22H,2,10-11,13-14H2,1H3,(H,33,41)(H,34,42)/t19?,22-/m0/s1. The van der Waals surface area contributed by atoms with Gasteiger partial charge in [0, 0.05) is 25.1 Å². The molecule has 0 aliphatic rings. The Hall–Kier alpha value is -4.89. The van der Waals surface area contributed by atoms with Crippen LogP contribution in [0.2, 0.25) is 0 Å². The van der Waals surface area contributed by atoms with Gasteiger partial charge in [-0.3, -0.25) is 14.3 Å². The Morgan fingerprint density at radius 1 is 0.977 bits per heavy atom. The highest BCUT2D eigenvalue weighted by molar-refractivity contribution is 5.92. The van der Waals surface area contributed by atoms with Crippen molar-refractivity contribution >= 4 is 11.8 Å². The number of halogens is 5. The van der Waals surface area contributed by atoms with Crippen LogP contribution in [0.3, 0.4) is 0 Å². The Kier molecular flexibility index (Phi) is 10.0. The normalized spacial score (nSPS) is 12.9. The number of hydrogen-bond acceptors (Lipinski definition) is 7. The van der Waals surface area contributed by atoms with E-state index in [-0.39, 0.29) is 42.5 Å². The molecule has 2 amide bonds. The lowest BCUT2D eigenvalue weighted by Crippen LogP contribution is -2.28. The zero-order valence-electron chi connectivity index (χ0n) is 22.8. The highest BCUT2D eigenvalue weighted by Gasteiger charge is 2.31. The van der Waals surface area contributed by atoms with E-state index in [1.807, 2.05) is 37.3 Å². The third-order valence-electron chi connectivity index (χ3n) is 6.20. The minimum absolute atomic E-state index is 0.0328. The minimum Gasteiger partial charge on any atom is -0.406 e. The maximum atomic E-state index is 14.7. The molecule has 0 aliphatic heterocycles. The van der Waals surface area contributed by atoms with Crippen LogP contribution in [0.1, 0.15) is 57.9 Å². The molecule has 11 nitrogen and oxygen atoms in total. The number of carbonyl (C=O) groups excluding carboxylic acids is 2. The van der Waals surface area contributed by atoms with E-state index in [1.54, 1.807) is 0 Å². The first-order valence-corrected chi connectivity index (χ1v) is 13.1. The number of ether oxygens (including phenoxy) is 1. The monoisotopic (exact) mass is 606 g/mol. The molecule has 2 aromatic carbocycles. The molecule has 2 atom stereocenters. The summed E-state index contributed by atoms with van der Waals surface area (Å²) < 4.78 is 72.1. The first-order chi connectivity index (χ1) is 20.5. The summed E-state index contributed by atoms with van der Waals surface area (Å²) in [4.78, 5) is 25.0. The molecule has 0 saturated carbocycles. The molecule has 2 heterocycles. The lowest BCUT2D eigenvalue weighted by molar-refractivity contribution is -0.274. The zero-order chi connectivity index (χ0) is 31.0. The predicted molar refractivity (Wildman–Crippen MR) is 141 cm³/mol. The van der Waals surface area contributed by atoms with Gasteiger partial charge in [-0.25, -0.2) is 13.5 Å². The van der Waals surface area contributed by atoms with Crippen molar-refractivity contribution in [2.75, 3.05) is 0 Å². The molecule has 0 spiro atoms. The second kappa shape index (κ2) is 13.8. The van der Waals surface area contributed by atoms with Gasteiger partial charge in [0.15, 0.2) is 11.4 Å². The highest BCUT2D eigenvalue weighted by Crippen LogP contribution is 2.24. The summed E-state index contributed by atoms with van der Waals surface area (Å²) in [5.41, 5.74) is 0.596. The number of hydrogen-bond donors (Lipinski definition) is 2. The second-order valence-corrected chi connectivity index (χ2v) is 9.41. The lowest BCUT2D eigenvalue weighted by atomic mass is 10.0. The number of rotatable bonds is 13. The van der Waals surface area contributed by atoms with Gasteiger partial charge in [-0.05, 0) is 30.2 Å². The molecule has 43 heavy (non-hydrogen) atoms. The molecule has 0 radical (unpaired) electrons. The Labute approximate surface area is 242 Å². The fourth-order valence-corrected chi connectivity index (χ4v) is 4.06. The molecule has 16 heteroatoms. The first kappa shape index (κ1) is 31.1. The van der Waals surface area contributed by atoms with Crippen molar-refractivity contribution in [3.05, 3.63) is 89.3 Å². The first-order valence-electron chi connectivity index (χ1n) is 13.1. The Bertz CT molecular complexity index is 1530. The predicted octanol–water partition coefficient (Wildman–Crippen LogP) is 4.15. The molecule has 4 aromatic rings. The van der Waals surface area contributed by atoms with Gasteiger partial charge in [-0.2, -0.15) is 0 Å². The van der Waals surface area contributed by atoms with Gasteiger partial charge in [-0.15, -0.1) is 23.4 Å². The van der Waals surface area contributed by atoms with Gasteiger partial charge in [-0.1, -0.05) is 47.7 Å². The van der Waals surface area contributed by atoms with Crippen molar-refractivity contribution in [1.82, 2.24) is 40.6 Å². The van der Waals surface area contributed by atoms with E-state index in [1.165, 1.54) is 21.8 Å². The molecule has 2 aromatic heterocycles. The number of benzene rings is 2. The maximum Gasteiger partial charge on any atom is 0.573 e. The fourth-order valence-electron chi connectivity index (χ4n) is 4.06. The maximum absolute atomic E-state index is 14.7. The summed E-state index contributed by atoms with van der Waals surface area (Å²) in [6.07, 6.45) is -3.13. The molecular formula is C27H27F5N8O3. The molecule has 0 fully saturated rings. The largest absolute Gasteiger partial charge is 0.573 e. The molecule has 0 saturated heterocycles. The van der Waals surface area contributed by atoms with Crippen LogP contribution >= 0.6 is 0 Å². The Balaban J connectivity index is 1.24. The van der Waals surface area contributed by atoms with Crippen LogP contribution in [-0.4, -0.2) is 54.3 Å². The lowest BCUT2D eigenvalue weighted by Gasteiger charge is -2.16. The van der Waals surface area contributed by atoms with E-state index in [0.717, 1.165) is 23.8 Å². The number of aromatic nitrogens is 6. The van der Waals surface area contributed by atoms with Crippen LogP contribution < -0.4 is 15.4 Å². The van der Waals surface area contributed by atoms with Gasteiger partial charge in [0.1, 0.15) is 17.7 Å². The molecule has 0 aliphatic carbocycles. The molecule has 228 valence electrons. The van der Waals surface area contributed by atoms with Gasteiger partial charge >= 0.3 is 6.36 Å². The van der Waals surface area contributed by atoms with E-state index in [2.05, 4.69) is 36.0 Å². The third-order valence-corrected chi connectivity index (χ3v) is 6.20. The topological polar surface area (TPSA) is 129 Å². The summed E-state index contributed by atoms with van der Waals surface area (Å²) in [6.45, 7) is 1.36. The SMILES string of the molecule is CC[C@H](NC(=O)c1cn(CC(F)CCn2cc(C(=O)NCc3cc(OC(F)(F)F)ccc3F)nn2)nn1)c1ccccc1. The van der Waals surface area contributed by atoms with Crippen molar-refractivity contribution in [2.24, 2.45) is 0 Å². The number of nitrogens with one attached hydrogen (secondary N) is 2. The average molecular weight is 607 g/mol. The van der Waals surface area contributed by atoms with Crippen LogP contribution in [0.4, 0.5) is 22.0 Å². The molecule has 1 unspecified atom stereocenters. The molecular weight excluding hydrogens is 579 g/mol. The summed E-state index contributed by atoms with van der Waals surface area (Å²) in [6, 6.07) is 11.7. The van der Waals surface area contributed by atoms with Crippen molar-refractivity contribution in [1.29, 1.82) is 0 Å². The summed E-state index contributed by atoms with van der Waals surface area (Å²) in [5.74, 6) is -2.68.